The van der Waals surface area contributed by atoms with E-state index in [1.165, 1.54) is 65.9 Å². The van der Waals surface area contributed by atoms with Crippen LogP contribution in [0.2, 0.25) is 0 Å². The van der Waals surface area contributed by atoms with Crippen molar-refractivity contribution in [2.24, 2.45) is 0 Å². The van der Waals surface area contributed by atoms with E-state index in [0.717, 1.165) is 22.4 Å². The van der Waals surface area contributed by atoms with Crippen LogP contribution in [0.4, 0.5) is 0 Å². The Morgan fingerprint density at radius 3 is 1.81 bits per heavy atom. The van der Waals surface area contributed by atoms with Gasteiger partial charge in [0.15, 0.2) is 17.5 Å². The van der Waals surface area contributed by atoms with Gasteiger partial charge in [-0.15, -0.1) is 11.3 Å². The summed E-state index contributed by atoms with van der Waals surface area (Å²) in [4.78, 5) is 15.2. The molecule has 1 aliphatic rings. The molecule has 9 aromatic rings. The van der Waals surface area contributed by atoms with Gasteiger partial charge in [-0.05, 0) is 77.3 Å². The number of aromatic nitrogens is 4. The van der Waals surface area contributed by atoms with Gasteiger partial charge in [0, 0.05) is 53.3 Å². The van der Waals surface area contributed by atoms with Gasteiger partial charge in [-0.3, -0.25) is 0 Å². The van der Waals surface area contributed by atoms with Gasteiger partial charge >= 0.3 is 0 Å². The molecule has 0 amide bonds. The van der Waals surface area contributed by atoms with Gasteiger partial charge in [-0.1, -0.05) is 119 Å². The van der Waals surface area contributed by atoms with E-state index >= 15 is 0 Å². The number of para-hydroxylation sites is 1. The number of benzene rings is 6. The van der Waals surface area contributed by atoms with E-state index in [-0.39, 0.29) is 10.8 Å². The summed E-state index contributed by atoms with van der Waals surface area (Å²) in [5.74, 6) is 2.01. The van der Waals surface area contributed by atoms with Gasteiger partial charge in [0.1, 0.15) is 0 Å². The Balaban J connectivity index is 1.23. The minimum Gasteiger partial charge on any atom is -0.309 e. The van der Waals surface area contributed by atoms with Gasteiger partial charge in [0.05, 0.1) is 11.0 Å². The Morgan fingerprint density at radius 2 is 1.12 bits per heavy atom. The number of nitrogens with zero attached hydrogens (tertiary/aromatic N) is 4. The molecule has 0 atom stereocenters. The van der Waals surface area contributed by atoms with Crippen LogP contribution in [0.25, 0.3) is 81.8 Å². The van der Waals surface area contributed by atoms with Crippen LogP contribution in [0.15, 0.2) is 133 Å². The van der Waals surface area contributed by atoms with Gasteiger partial charge in [-0.2, -0.15) is 0 Å². The second-order valence-electron chi connectivity index (χ2n) is 15.5. The molecule has 0 N–H and O–H groups in total. The zero-order chi connectivity index (χ0) is 35.2. The summed E-state index contributed by atoms with van der Waals surface area (Å²) in [6.45, 7) is 9.66. The monoisotopic (exact) mass is 690 g/mol. The van der Waals surface area contributed by atoms with E-state index in [4.69, 9.17) is 15.0 Å². The van der Waals surface area contributed by atoms with E-state index in [0.29, 0.717) is 17.5 Å². The van der Waals surface area contributed by atoms with Crippen LogP contribution in [0.1, 0.15) is 51.7 Å². The fourth-order valence-electron chi connectivity index (χ4n) is 8.38. The predicted molar refractivity (Wildman–Crippen MR) is 219 cm³/mol. The van der Waals surface area contributed by atoms with Gasteiger partial charge in [-0.25, -0.2) is 15.0 Å². The van der Waals surface area contributed by atoms with Crippen LogP contribution < -0.4 is 0 Å². The first-order valence-corrected chi connectivity index (χ1v) is 19.0. The minimum atomic E-state index is 0.116. The van der Waals surface area contributed by atoms with Crippen molar-refractivity contribution in [3.05, 3.63) is 145 Å². The van der Waals surface area contributed by atoms with E-state index in [1.807, 2.05) is 47.7 Å². The maximum absolute atomic E-state index is 5.13. The van der Waals surface area contributed by atoms with Crippen molar-refractivity contribution >= 4 is 53.3 Å². The zero-order valence-electron chi connectivity index (χ0n) is 29.8. The predicted octanol–water partition coefficient (Wildman–Crippen LogP) is 12.7. The average Bonchev–Trinajstić information content (AvgIpc) is 3.72. The highest BCUT2D eigenvalue weighted by atomic mass is 32.1. The third-order valence-electron chi connectivity index (χ3n) is 11.3. The first-order valence-electron chi connectivity index (χ1n) is 18.2. The Bertz CT molecular complexity index is 2790. The molecule has 3 aromatic heterocycles. The third-order valence-corrected chi connectivity index (χ3v) is 12.5. The van der Waals surface area contributed by atoms with Crippen molar-refractivity contribution in [2.45, 2.75) is 51.4 Å². The first-order chi connectivity index (χ1) is 25.2. The van der Waals surface area contributed by atoms with Crippen LogP contribution in [0.5, 0.6) is 0 Å². The molecule has 3 heterocycles. The van der Waals surface area contributed by atoms with Crippen molar-refractivity contribution in [1.29, 1.82) is 0 Å². The largest absolute Gasteiger partial charge is 0.309 e. The highest BCUT2D eigenvalue weighted by Gasteiger charge is 2.38. The molecule has 4 nitrogen and oxygen atoms in total. The molecule has 6 aromatic carbocycles. The van der Waals surface area contributed by atoms with Crippen LogP contribution in [0.3, 0.4) is 0 Å². The second-order valence-corrected chi connectivity index (χ2v) is 16.6. The molecule has 0 spiro atoms. The molecule has 0 fully saturated rings. The Morgan fingerprint density at radius 1 is 0.500 bits per heavy atom. The summed E-state index contributed by atoms with van der Waals surface area (Å²) in [5.41, 5.74) is 9.82. The standard InChI is InChI=1S/C47H38N4S/c1-46(2)24-25-47(3,4)37-28-39-34(27-36(37)46)32-18-11-12-20-38(32)51(39)31-22-23-40-35(26-31)42-33(19-13-21-41(42)52-40)45-49-43(29-14-7-5-8-15-29)48-44(50-45)30-16-9-6-10-17-30/h5-23,26-28H,24-25H2,1-4H3. The SMILES string of the molecule is CC1(C)CCC(C)(C)c2cc3c(cc21)c1ccccc1n3-c1ccc2sc3cccc(-c4nc(-c5ccccc5)nc(-c5ccccc5)n4)c3c2c1. The summed E-state index contributed by atoms with van der Waals surface area (Å²) in [5, 5.41) is 5.00. The quantitative estimate of drug-likeness (QED) is 0.185. The number of fused-ring (bicyclic) bond motifs is 7. The first kappa shape index (κ1) is 31.1. The molecule has 52 heavy (non-hydrogen) atoms. The molecular weight excluding hydrogens is 653 g/mol. The van der Waals surface area contributed by atoms with Gasteiger partial charge < -0.3 is 4.57 Å². The molecule has 10 rings (SSSR count). The normalized spacial score (nSPS) is 15.1. The molecule has 5 heteroatoms. The topological polar surface area (TPSA) is 43.6 Å². The minimum absolute atomic E-state index is 0.116. The Hall–Kier alpha value is -5.65. The zero-order valence-corrected chi connectivity index (χ0v) is 30.6. The summed E-state index contributed by atoms with van der Waals surface area (Å²) < 4.78 is 4.94. The summed E-state index contributed by atoms with van der Waals surface area (Å²) in [7, 11) is 0. The van der Waals surface area contributed by atoms with E-state index in [1.54, 1.807) is 0 Å². The molecule has 0 aliphatic heterocycles. The van der Waals surface area contributed by atoms with Crippen molar-refractivity contribution in [1.82, 2.24) is 19.5 Å². The fourth-order valence-corrected chi connectivity index (χ4v) is 9.49. The average molecular weight is 691 g/mol. The van der Waals surface area contributed by atoms with E-state index < -0.39 is 0 Å². The number of hydrogen-bond acceptors (Lipinski definition) is 4. The molecule has 0 radical (unpaired) electrons. The number of rotatable bonds is 4. The van der Waals surface area contributed by atoms with Gasteiger partial charge in [0.25, 0.3) is 0 Å². The lowest BCUT2D eigenvalue weighted by Crippen LogP contribution is -2.33. The molecule has 0 saturated carbocycles. The van der Waals surface area contributed by atoms with E-state index in [9.17, 15) is 0 Å². The lowest BCUT2D eigenvalue weighted by Gasteiger charge is -2.42. The molecule has 0 saturated heterocycles. The smallest absolute Gasteiger partial charge is 0.164 e. The summed E-state index contributed by atoms with van der Waals surface area (Å²) in [6, 6.07) is 47.8. The lowest BCUT2D eigenvalue weighted by atomic mass is 9.63. The van der Waals surface area contributed by atoms with Gasteiger partial charge in [0.2, 0.25) is 0 Å². The Labute approximate surface area is 307 Å². The van der Waals surface area contributed by atoms with Crippen LogP contribution in [0, 0.1) is 0 Å². The summed E-state index contributed by atoms with van der Waals surface area (Å²) in [6.07, 6.45) is 2.38. The van der Waals surface area contributed by atoms with Crippen LogP contribution >= 0.6 is 11.3 Å². The van der Waals surface area contributed by atoms with Crippen molar-refractivity contribution in [2.75, 3.05) is 0 Å². The van der Waals surface area contributed by atoms with Crippen molar-refractivity contribution < 1.29 is 0 Å². The number of hydrogen-bond donors (Lipinski definition) is 0. The molecule has 0 unspecified atom stereocenters. The second kappa shape index (κ2) is 11.4. The highest BCUT2D eigenvalue weighted by molar-refractivity contribution is 7.26. The maximum Gasteiger partial charge on any atom is 0.164 e. The Kier molecular flexibility index (Phi) is 6.84. The third kappa shape index (κ3) is 4.83. The van der Waals surface area contributed by atoms with E-state index in [2.05, 4.69) is 129 Å². The summed E-state index contributed by atoms with van der Waals surface area (Å²) >= 11 is 1.82. The highest BCUT2D eigenvalue weighted by Crippen LogP contribution is 2.49. The molecule has 252 valence electrons. The maximum atomic E-state index is 5.13. The van der Waals surface area contributed by atoms with Crippen molar-refractivity contribution in [3.63, 3.8) is 0 Å². The molecule has 0 bridgehead atoms. The molecule has 1 aliphatic carbocycles. The van der Waals surface area contributed by atoms with Crippen LogP contribution in [-0.2, 0) is 10.8 Å². The fraction of sp³-hybridized carbons (Fsp3) is 0.170. The molecular formula is C47H38N4S. The number of thiophene rings is 1. The van der Waals surface area contributed by atoms with Crippen molar-refractivity contribution in [3.8, 4) is 39.9 Å². The lowest BCUT2D eigenvalue weighted by molar-refractivity contribution is 0.332. The van der Waals surface area contributed by atoms with Crippen LogP contribution in [-0.4, -0.2) is 19.5 Å².